The maximum atomic E-state index is 12.6. The maximum Gasteiger partial charge on any atom is 0.223 e. The predicted molar refractivity (Wildman–Crippen MR) is 137 cm³/mol. The van der Waals surface area contributed by atoms with Crippen LogP contribution in [0.4, 0.5) is 0 Å². The van der Waals surface area contributed by atoms with Gasteiger partial charge in [0.05, 0.1) is 6.54 Å². The Morgan fingerprint density at radius 2 is 1.65 bits per heavy atom. The van der Waals surface area contributed by atoms with Gasteiger partial charge in [-0.25, -0.2) is 0 Å². The molecule has 1 aliphatic carbocycles. The first-order valence-corrected chi connectivity index (χ1v) is 11.1. The Labute approximate surface area is 202 Å². The number of aliphatic imine (C=N–C) groups is 1. The fourth-order valence-electron chi connectivity index (χ4n) is 4.17. The third-order valence-electron chi connectivity index (χ3n) is 6.18. The van der Waals surface area contributed by atoms with Crippen molar-refractivity contribution in [1.82, 2.24) is 15.5 Å². The monoisotopic (exact) mass is 532 g/mol. The van der Waals surface area contributed by atoms with Crippen LogP contribution >= 0.6 is 24.0 Å². The molecule has 0 unspecified atom stereocenters. The van der Waals surface area contributed by atoms with E-state index in [1.807, 2.05) is 17.0 Å². The van der Waals surface area contributed by atoms with Crippen LogP contribution in [0.2, 0.25) is 0 Å². The Morgan fingerprint density at radius 3 is 2.26 bits per heavy atom. The van der Waals surface area contributed by atoms with Gasteiger partial charge in [-0.15, -0.1) is 24.0 Å². The molecule has 31 heavy (non-hydrogen) atoms. The highest BCUT2D eigenvalue weighted by Crippen LogP contribution is 2.48. The highest BCUT2D eigenvalue weighted by Gasteiger charge is 2.43. The lowest BCUT2D eigenvalue weighted by Crippen LogP contribution is -2.38. The molecule has 0 atom stereocenters. The van der Waals surface area contributed by atoms with Gasteiger partial charge < -0.3 is 15.5 Å². The smallest absolute Gasteiger partial charge is 0.223 e. The van der Waals surface area contributed by atoms with Crippen LogP contribution in [-0.4, -0.2) is 36.4 Å². The number of carbonyl (C=O) groups excluding carboxylic acids is 1. The highest BCUT2D eigenvalue weighted by atomic mass is 127. The van der Waals surface area contributed by atoms with Gasteiger partial charge in [0.2, 0.25) is 5.91 Å². The van der Waals surface area contributed by atoms with Crippen molar-refractivity contribution in [3.8, 4) is 0 Å². The van der Waals surface area contributed by atoms with Crippen molar-refractivity contribution in [1.29, 1.82) is 0 Å². The SMILES string of the molecule is CCNC(=NCC1(c2ccccc2)CC1)NCCCC(=O)N1Cc2ccccc2C1.I. The van der Waals surface area contributed by atoms with Gasteiger partial charge in [0.1, 0.15) is 0 Å². The van der Waals surface area contributed by atoms with Gasteiger partial charge in [-0.3, -0.25) is 9.79 Å². The first-order chi connectivity index (χ1) is 14.7. The molecule has 166 valence electrons. The number of fused-ring (bicyclic) bond motifs is 1. The average Bonchev–Trinajstić information content (AvgIpc) is 3.45. The van der Waals surface area contributed by atoms with Gasteiger partial charge in [0, 0.05) is 38.0 Å². The predicted octanol–water partition coefficient (Wildman–Crippen LogP) is 4.21. The van der Waals surface area contributed by atoms with E-state index in [-0.39, 0.29) is 35.3 Å². The summed E-state index contributed by atoms with van der Waals surface area (Å²) in [5.41, 5.74) is 4.15. The van der Waals surface area contributed by atoms with Gasteiger partial charge >= 0.3 is 0 Å². The van der Waals surface area contributed by atoms with E-state index in [2.05, 4.69) is 60.0 Å². The van der Waals surface area contributed by atoms with Crippen LogP contribution < -0.4 is 10.6 Å². The summed E-state index contributed by atoms with van der Waals surface area (Å²) in [6.45, 7) is 5.95. The lowest BCUT2D eigenvalue weighted by Gasteiger charge is -2.17. The summed E-state index contributed by atoms with van der Waals surface area (Å²) in [7, 11) is 0. The van der Waals surface area contributed by atoms with E-state index in [9.17, 15) is 4.79 Å². The summed E-state index contributed by atoms with van der Waals surface area (Å²) in [6, 6.07) is 19.0. The van der Waals surface area contributed by atoms with E-state index >= 15 is 0 Å². The minimum absolute atomic E-state index is 0. The zero-order valence-electron chi connectivity index (χ0n) is 18.3. The number of nitrogens with one attached hydrogen (secondary N) is 2. The van der Waals surface area contributed by atoms with Crippen molar-refractivity contribution < 1.29 is 4.79 Å². The molecule has 0 spiro atoms. The first kappa shape index (κ1) is 23.6. The number of amides is 1. The molecular formula is C25H33IN4O. The molecule has 6 heteroatoms. The fourth-order valence-corrected chi connectivity index (χ4v) is 4.17. The van der Waals surface area contributed by atoms with E-state index in [1.165, 1.54) is 29.5 Å². The van der Waals surface area contributed by atoms with Gasteiger partial charge in [0.15, 0.2) is 5.96 Å². The standard InChI is InChI=1S/C25H32N4O.HI/c1-2-26-24(28-19-25(14-15-25)22-11-4-3-5-12-22)27-16-8-13-23(30)29-17-20-9-6-7-10-21(20)18-29;/h3-7,9-12H,2,8,13-19H2,1H3,(H2,26,27,28);1H. The zero-order valence-corrected chi connectivity index (χ0v) is 20.6. The van der Waals surface area contributed by atoms with Crippen molar-refractivity contribution in [3.05, 3.63) is 71.3 Å². The Kier molecular flexibility index (Phi) is 8.35. The van der Waals surface area contributed by atoms with E-state index in [0.29, 0.717) is 6.42 Å². The van der Waals surface area contributed by atoms with Crippen molar-refractivity contribution in [2.24, 2.45) is 4.99 Å². The molecule has 4 rings (SSSR count). The molecule has 1 saturated carbocycles. The Bertz CT molecular complexity index is 870. The van der Waals surface area contributed by atoms with Crippen molar-refractivity contribution in [3.63, 3.8) is 0 Å². The summed E-state index contributed by atoms with van der Waals surface area (Å²) in [5.74, 6) is 1.08. The fraction of sp³-hybridized carbons (Fsp3) is 0.440. The van der Waals surface area contributed by atoms with Crippen LogP contribution in [0.1, 0.15) is 49.3 Å². The molecule has 1 amide bonds. The minimum atomic E-state index is 0. The quantitative estimate of drug-likeness (QED) is 0.232. The number of hydrogen-bond donors (Lipinski definition) is 2. The normalized spacial score (nSPS) is 16.3. The molecule has 2 aromatic carbocycles. The molecule has 2 N–H and O–H groups in total. The second-order valence-electron chi connectivity index (χ2n) is 8.39. The number of rotatable bonds is 8. The van der Waals surface area contributed by atoms with Crippen LogP contribution in [0.25, 0.3) is 0 Å². The molecule has 1 aliphatic heterocycles. The molecule has 0 radical (unpaired) electrons. The minimum Gasteiger partial charge on any atom is -0.357 e. The number of guanidine groups is 1. The second-order valence-corrected chi connectivity index (χ2v) is 8.39. The second kappa shape index (κ2) is 11.0. The maximum absolute atomic E-state index is 12.6. The third-order valence-corrected chi connectivity index (χ3v) is 6.18. The van der Waals surface area contributed by atoms with Gasteiger partial charge in [-0.2, -0.15) is 0 Å². The first-order valence-electron chi connectivity index (χ1n) is 11.1. The number of nitrogens with zero attached hydrogens (tertiary/aromatic N) is 2. The van der Waals surface area contributed by atoms with E-state index in [0.717, 1.165) is 45.1 Å². The lowest BCUT2D eigenvalue weighted by molar-refractivity contribution is -0.131. The molecule has 2 aromatic rings. The highest BCUT2D eigenvalue weighted by molar-refractivity contribution is 14.0. The average molecular weight is 532 g/mol. The molecule has 1 heterocycles. The van der Waals surface area contributed by atoms with Gasteiger partial charge in [-0.05, 0) is 42.9 Å². The van der Waals surface area contributed by atoms with Crippen LogP contribution in [0.15, 0.2) is 59.6 Å². The summed E-state index contributed by atoms with van der Waals surface area (Å²) in [4.78, 5) is 19.4. The Morgan fingerprint density at radius 1 is 1.00 bits per heavy atom. The van der Waals surface area contributed by atoms with E-state index in [4.69, 9.17) is 4.99 Å². The van der Waals surface area contributed by atoms with Crippen LogP contribution in [0.3, 0.4) is 0 Å². The van der Waals surface area contributed by atoms with Gasteiger partial charge in [-0.1, -0.05) is 54.6 Å². The molecule has 5 nitrogen and oxygen atoms in total. The summed E-state index contributed by atoms with van der Waals surface area (Å²) in [5, 5.41) is 6.74. The third kappa shape index (κ3) is 5.99. The number of hydrogen-bond acceptors (Lipinski definition) is 2. The Balaban J connectivity index is 0.00000272. The van der Waals surface area contributed by atoms with E-state index < -0.39 is 0 Å². The largest absolute Gasteiger partial charge is 0.357 e. The molecule has 0 bridgehead atoms. The molecule has 1 fully saturated rings. The lowest BCUT2D eigenvalue weighted by atomic mass is 9.96. The molecule has 0 saturated heterocycles. The van der Waals surface area contributed by atoms with Crippen molar-refractivity contribution >= 4 is 35.8 Å². The summed E-state index contributed by atoms with van der Waals surface area (Å²) >= 11 is 0. The van der Waals surface area contributed by atoms with Gasteiger partial charge in [0.25, 0.3) is 0 Å². The van der Waals surface area contributed by atoms with Crippen LogP contribution in [0.5, 0.6) is 0 Å². The number of carbonyl (C=O) groups is 1. The van der Waals surface area contributed by atoms with E-state index in [1.54, 1.807) is 0 Å². The summed E-state index contributed by atoms with van der Waals surface area (Å²) in [6.07, 6.45) is 3.77. The zero-order chi connectivity index (χ0) is 20.8. The van der Waals surface area contributed by atoms with Crippen LogP contribution in [0, 0.1) is 0 Å². The topological polar surface area (TPSA) is 56.7 Å². The number of benzene rings is 2. The Hall–Kier alpha value is -2.09. The van der Waals surface area contributed by atoms with Crippen molar-refractivity contribution in [2.45, 2.75) is 51.1 Å². The number of halogens is 1. The molecular weight excluding hydrogens is 499 g/mol. The molecule has 2 aliphatic rings. The molecule has 0 aromatic heterocycles. The van der Waals surface area contributed by atoms with Crippen LogP contribution in [-0.2, 0) is 23.3 Å². The van der Waals surface area contributed by atoms with Crippen molar-refractivity contribution in [2.75, 3.05) is 19.6 Å². The summed E-state index contributed by atoms with van der Waals surface area (Å²) < 4.78 is 0.